The first kappa shape index (κ1) is 9.47. The third-order valence-electron chi connectivity index (χ3n) is 2.17. The first-order chi connectivity index (χ1) is 4.70. The number of carbonyl (C=O) groups is 1. The van der Waals surface area contributed by atoms with E-state index in [0.717, 1.165) is 13.0 Å². The quantitative estimate of drug-likeness (QED) is 0.654. The van der Waals surface area contributed by atoms with E-state index in [1.54, 1.807) is 0 Å². The molecule has 1 fully saturated rings. The molecule has 1 aliphatic heterocycles. The molecule has 0 aliphatic carbocycles. The summed E-state index contributed by atoms with van der Waals surface area (Å²) in [5.41, 5.74) is 0. The smallest absolute Gasteiger partial charge is 0.0511 e. The standard InChI is InChI=1S/C8H15NO.Rf/c1-6(2)7-3-4-8(10)9-5-7;/h6-7H,3-5H2,1-2H3,(H,9,10);/p-1. The summed E-state index contributed by atoms with van der Waals surface area (Å²) in [7, 11) is 0. The molecule has 1 rings (SSSR count). The molecule has 60 valence electrons. The molecule has 1 saturated heterocycles. The van der Waals surface area contributed by atoms with E-state index in [0.29, 0.717) is 18.3 Å². The fourth-order valence-corrected chi connectivity index (χ4v) is 1.24. The number of rotatable bonds is 1. The van der Waals surface area contributed by atoms with Crippen molar-refractivity contribution < 1.29 is 4.79 Å². The van der Waals surface area contributed by atoms with Crippen molar-refractivity contribution in [3.05, 3.63) is 5.32 Å². The van der Waals surface area contributed by atoms with Crippen molar-refractivity contribution in [2.45, 2.75) is 26.7 Å². The summed E-state index contributed by atoms with van der Waals surface area (Å²) in [4.78, 5) is 10.7. The van der Waals surface area contributed by atoms with Gasteiger partial charge in [-0.05, 0) is 18.8 Å². The van der Waals surface area contributed by atoms with Crippen LogP contribution in [0.1, 0.15) is 26.7 Å². The van der Waals surface area contributed by atoms with Gasteiger partial charge in [0.15, 0.2) is 0 Å². The number of hydrogen-bond acceptors (Lipinski definition) is 1. The van der Waals surface area contributed by atoms with Crippen molar-refractivity contribution in [3.8, 4) is 0 Å². The second-order valence-electron chi connectivity index (χ2n) is 3.28. The Labute approximate surface area is 62.0 Å². The zero-order valence-corrected chi connectivity index (χ0v) is 13.7. The summed E-state index contributed by atoms with van der Waals surface area (Å²) >= 11 is 0. The molecule has 0 N–H and O–H groups in total. The van der Waals surface area contributed by atoms with Gasteiger partial charge in [-0.1, -0.05) is 19.8 Å². The summed E-state index contributed by atoms with van der Waals surface area (Å²) in [5, 5.41) is 3.89. The molecule has 0 aromatic carbocycles. The molecule has 0 saturated carbocycles. The summed E-state index contributed by atoms with van der Waals surface area (Å²) in [6.45, 7) is 5.14. The van der Waals surface area contributed by atoms with Gasteiger partial charge in [-0.2, -0.15) is 0 Å². The normalized spacial score (nSPS) is 24.3. The van der Waals surface area contributed by atoms with Crippen molar-refractivity contribution in [2.75, 3.05) is 6.54 Å². The van der Waals surface area contributed by atoms with E-state index in [9.17, 15) is 4.79 Å². The van der Waals surface area contributed by atoms with Crippen molar-refractivity contribution in [2.24, 2.45) is 11.8 Å². The van der Waals surface area contributed by atoms with Gasteiger partial charge in [-0.25, -0.2) is 0 Å². The Bertz CT molecular complexity index is 126. The minimum Gasteiger partial charge on any atom is -0.653 e. The molecule has 0 bridgehead atoms. The Morgan fingerprint density at radius 3 is 2.55 bits per heavy atom. The molecule has 0 aromatic heterocycles. The SMILES string of the molecule is CC(C)C1CCC(=O)[N-]C1.[Rf]. The first-order valence-corrected chi connectivity index (χ1v) is 3.90. The van der Waals surface area contributed by atoms with Crippen LogP contribution in [0.3, 0.4) is 0 Å². The van der Waals surface area contributed by atoms with Gasteiger partial charge in [-0.3, -0.25) is 0 Å². The Morgan fingerprint density at radius 1 is 1.55 bits per heavy atom. The maximum atomic E-state index is 10.7. The van der Waals surface area contributed by atoms with Gasteiger partial charge < -0.3 is 10.1 Å². The molecule has 1 amide bonds. The first-order valence-electron chi connectivity index (χ1n) is 3.90. The molecule has 0 spiro atoms. The number of carbonyl (C=O) groups excluding carboxylic acids is 1. The largest absolute Gasteiger partial charge is 0.653 e. The van der Waals surface area contributed by atoms with E-state index in [2.05, 4.69) is 19.2 Å². The summed E-state index contributed by atoms with van der Waals surface area (Å²) in [5.74, 6) is 1.42. The van der Waals surface area contributed by atoms with Crippen molar-refractivity contribution in [3.63, 3.8) is 0 Å². The number of nitrogens with zero attached hydrogens (tertiary/aromatic N) is 1. The van der Waals surface area contributed by atoms with E-state index in [1.807, 2.05) is 0 Å². The number of piperidine rings is 1. The van der Waals surface area contributed by atoms with Crippen LogP contribution in [0.25, 0.3) is 5.32 Å². The fourth-order valence-electron chi connectivity index (χ4n) is 1.24. The van der Waals surface area contributed by atoms with E-state index < -0.39 is 0 Å². The zero-order valence-electron chi connectivity index (χ0n) is 7.34. The molecule has 0 radical (unpaired) electrons. The van der Waals surface area contributed by atoms with Crippen LogP contribution in [-0.2, 0) is 4.79 Å². The Kier molecular flexibility index (Phi) is 3.09. The van der Waals surface area contributed by atoms with Gasteiger partial charge in [-0.15, -0.1) is 6.54 Å². The zero-order chi connectivity index (χ0) is 7.56. The average Bonchev–Trinajstić information content (AvgIpc) is 1.88. The third kappa shape index (κ3) is 2.28. The topological polar surface area (TPSA) is 31.2 Å². The average molecular weight is 407 g/mol. The van der Waals surface area contributed by atoms with Gasteiger partial charge in [0, 0.05) is 0 Å². The van der Waals surface area contributed by atoms with Crippen LogP contribution in [0.2, 0.25) is 0 Å². The minimum absolute atomic E-state index is 0. The van der Waals surface area contributed by atoms with Crippen molar-refractivity contribution >= 4 is 5.91 Å². The van der Waals surface area contributed by atoms with Crippen LogP contribution in [0.4, 0.5) is 0 Å². The van der Waals surface area contributed by atoms with E-state index in [-0.39, 0.29) is 5.91 Å². The molecule has 3 heteroatoms. The molecule has 0 aromatic rings. The van der Waals surface area contributed by atoms with Gasteiger partial charge in [0.2, 0.25) is 0 Å². The molecule has 1 aliphatic rings. The monoisotopic (exact) mass is 407 g/mol. The van der Waals surface area contributed by atoms with Gasteiger partial charge in [0.1, 0.15) is 0 Å². The number of hydrogen-bond donors (Lipinski definition) is 0. The van der Waals surface area contributed by atoms with Crippen LogP contribution >= 0.6 is 0 Å². The predicted octanol–water partition coefficient (Wildman–Crippen LogP) is 1.95. The van der Waals surface area contributed by atoms with Crippen LogP contribution in [0.5, 0.6) is 0 Å². The van der Waals surface area contributed by atoms with Crippen LogP contribution in [0.15, 0.2) is 0 Å². The molecule has 1 unspecified atom stereocenters. The second-order valence-corrected chi connectivity index (χ2v) is 3.28. The van der Waals surface area contributed by atoms with E-state index in [4.69, 9.17) is 0 Å². The fraction of sp³-hybridized carbons (Fsp3) is 0.875. The Balaban J connectivity index is 0.000001000. The molecule has 1 heterocycles. The maximum absolute atomic E-state index is 10.7. The molecule has 11 heavy (non-hydrogen) atoms. The Morgan fingerprint density at radius 2 is 2.18 bits per heavy atom. The van der Waals surface area contributed by atoms with Gasteiger partial charge >= 0.3 is 0 Å². The second kappa shape index (κ2) is 3.59. The third-order valence-corrected chi connectivity index (χ3v) is 2.17. The van der Waals surface area contributed by atoms with Crippen molar-refractivity contribution in [1.29, 1.82) is 0 Å². The number of amides is 1. The van der Waals surface area contributed by atoms with E-state index in [1.165, 1.54) is 0 Å². The molecular weight excluding hydrogens is 393 g/mol. The summed E-state index contributed by atoms with van der Waals surface area (Å²) in [6.07, 6.45) is 1.71. The van der Waals surface area contributed by atoms with Crippen LogP contribution in [-0.4, -0.2) is 12.5 Å². The van der Waals surface area contributed by atoms with Gasteiger partial charge in [0.25, 0.3) is 0 Å². The summed E-state index contributed by atoms with van der Waals surface area (Å²) < 4.78 is 0. The van der Waals surface area contributed by atoms with Crippen LogP contribution < -0.4 is 0 Å². The van der Waals surface area contributed by atoms with Crippen LogP contribution in [0, 0.1) is 11.8 Å². The maximum Gasteiger partial charge on any atom is 0.0511 e. The Hall–Kier alpha value is -1.53. The van der Waals surface area contributed by atoms with E-state index >= 15 is 0 Å². The van der Waals surface area contributed by atoms with Gasteiger partial charge in [0.05, 0.1) is 5.91 Å². The molecular formula is C8H14NORf-. The predicted molar refractivity (Wildman–Crippen MR) is 40.8 cm³/mol. The molecule has 2 nitrogen and oxygen atoms in total. The summed E-state index contributed by atoms with van der Waals surface area (Å²) in [6, 6.07) is 0. The minimum atomic E-state index is 0. The molecule has 1 atom stereocenters. The van der Waals surface area contributed by atoms with Crippen molar-refractivity contribution in [1.82, 2.24) is 0 Å².